The van der Waals surface area contributed by atoms with Crippen LogP contribution < -0.4 is 0 Å². The Kier molecular flexibility index (Phi) is 3.91. The van der Waals surface area contributed by atoms with E-state index in [-0.39, 0.29) is 0 Å². The second-order valence-electron chi connectivity index (χ2n) is 2.82. The summed E-state index contributed by atoms with van der Waals surface area (Å²) in [5, 5.41) is 3.97. The van der Waals surface area contributed by atoms with Crippen LogP contribution in [0.4, 0.5) is 0 Å². The van der Waals surface area contributed by atoms with Gasteiger partial charge in [-0.25, -0.2) is 4.79 Å². The molecule has 0 aromatic carbocycles. The first-order valence-electron chi connectivity index (χ1n) is 4.59. The first kappa shape index (κ1) is 11.3. The van der Waals surface area contributed by atoms with Crippen molar-refractivity contribution in [2.45, 2.75) is 6.92 Å². The molecular weight excluding hydrogens is 196 g/mol. The number of aromatic nitrogens is 2. The highest BCUT2D eigenvalue weighted by Crippen LogP contribution is 2.10. The second-order valence-corrected chi connectivity index (χ2v) is 2.82. The number of hydrogen-bond donors (Lipinski definition) is 0. The fraction of sp³-hybridized carbons (Fsp3) is 0.400. The van der Waals surface area contributed by atoms with Gasteiger partial charge >= 0.3 is 5.97 Å². The van der Waals surface area contributed by atoms with Gasteiger partial charge in [0.2, 0.25) is 0 Å². The molecule has 5 nitrogen and oxygen atoms in total. The third-order valence-corrected chi connectivity index (χ3v) is 1.86. The first-order chi connectivity index (χ1) is 7.20. The second kappa shape index (κ2) is 5.19. The highest BCUT2D eigenvalue weighted by Gasteiger charge is 2.15. The first-order valence-corrected chi connectivity index (χ1v) is 4.59. The van der Waals surface area contributed by atoms with Crippen LogP contribution in [0.3, 0.4) is 0 Å². The number of esters is 1. The van der Waals surface area contributed by atoms with Crippen LogP contribution in [-0.2, 0) is 16.5 Å². The molecule has 0 aliphatic carbocycles. The number of ether oxygens (including phenoxy) is 2. The third-order valence-electron chi connectivity index (χ3n) is 1.86. The summed E-state index contributed by atoms with van der Waals surface area (Å²) in [7, 11) is 3.02. The van der Waals surface area contributed by atoms with Gasteiger partial charge in [-0.2, -0.15) is 5.10 Å². The van der Waals surface area contributed by atoms with Crippen molar-refractivity contribution in [2.24, 2.45) is 7.05 Å². The summed E-state index contributed by atoms with van der Waals surface area (Å²) < 4.78 is 11.2. The maximum Gasteiger partial charge on any atom is 0.356 e. The summed E-state index contributed by atoms with van der Waals surface area (Å²) in [6.45, 7) is 2.47. The molecule has 1 aromatic rings. The molecular formula is C10H14N2O3. The largest absolute Gasteiger partial charge is 0.501 e. The minimum atomic E-state index is -0.411. The van der Waals surface area contributed by atoms with E-state index in [1.807, 2.05) is 6.92 Å². The van der Waals surface area contributed by atoms with Crippen molar-refractivity contribution in [1.82, 2.24) is 9.78 Å². The van der Waals surface area contributed by atoms with Crippen molar-refractivity contribution in [3.05, 3.63) is 23.7 Å². The monoisotopic (exact) mass is 210 g/mol. The topological polar surface area (TPSA) is 53.4 Å². The van der Waals surface area contributed by atoms with Crippen molar-refractivity contribution in [2.75, 3.05) is 13.7 Å². The lowest BCUT2D eigenvalue weighted by molar-refractivity contribution is 0.0588. The number of aryl methyl sites for hydroxylation is 1. The van der Waals surface area contributed by atoms with Crippen molar-refractivity contribution in [1.29, 1.82) is 0 Å². The molecule has 0 atom stereocenters. The summed E-state index contributed by atoms with van der Waals surface area (Å²) in [5.41, 5.74) is 1.09. The Morgan fingerprint density at radius 2 is 2.40 bits per heavy atom. The minimum absolute atomic E-state index is 0.411. The molecule has 1 heterocycles. The number of nitrogens with zero attached hydrogens (tertiary/aromatic N) is 2. The van der Waals surface area contributed by atoms with Gasteiger partial charge in [0.1, 0.15) is 0 Å². The molecule has 0 saturated heterocycles. The Bertz CT molecular complexity index is 369. The molecule has 15 heavy (non-hydrogen) atoms. The van der Waals surface area contributed by atoms with E-state index in [0.717, 1.165) is 0 Å². The predicted molar refractivity (Wildman–Crippen MR) is 55.2 cm³/mol. The average Bonchev–Trinajstić information content (AvgIpc) is 2.59. The van der Waals surface area contributed by atoms with Gasteiger partial charge in [0, 0.05) is 12.6 Å². The highest BCUT2D eigenvalue weighted by molar-refractivity contribution is 5.91. The Balaban J connectivity index is 2.93. The van der Waals surface area contributed by atoms with Crippen LogP contribution in [0.5, 0.6) is 0 Å². The summed E-state index contributed by atoms with van der Waals surface area (Å²) in [4.78, 5) is 11.4. The zero-order valence-electron chi connectivity index (χ0n) is 9.06. The lowest BCUT2D eigenvalue weighted by Gasteiger charge is -2.00. The maximum absolute atomic E-state index is 11.4. The molecule has 0 N–H and O–H groups in total. The molecule has 0 aliphatic rings. The van der Waals surface area contributed by atoms with E-state index in [4.69, 9.17) is 4.74 Å². The molecule has 0 saturated carbocycles. The van der Waals surface area contributed by atoms with Crippen molar-refractivity contribution < 1.29 is 14.3 Å². The normalized spacial score (nSPS) is 10.6. The molecule has 1 rings (SSSR count). The van der Waals surface area contributed by atoms with E-state index in [9.17, 15) is 4.79 Å². The summed E-state index contributed by atoms with van der Waals surface area (Å²) in [5.74, 6) is -0.411. The quantitative estimate of drug-likeness (QED) is 0.553. The van der Waals surface area contributed by atoms with Crippen LogP contribution in [0.25, 0.3) is 6.08 Å². The highest BCUT2D eigenvalue weighted by atomic mass is 16.5. The van der Waals surface area contributed by atoms with Gasteiger partial charge in [-0.05, 0) is 13.0 Å². The Hall–Kier alpha value is -1.78. The number of carbonyl (C=O) groups is 1. The van der Waals surface area contributed by atoms with E-state index in [0.29, 0.717) is 17.9 Å². The molecule has 0 bridgehead atoms. The molecule has 0 amide bonds. The van der Waals surface area contributed by atoms with Crippen LogP contribution >= 0.6 is 0 Å². The number of hydrogen-bond acceptors (Lipinski definition) is 4. The number of carbonyl (C=O) groups excluding carboxylic acids is 1. The fourth-order valence-electron chi connectivity index (χ4n) is 1.14. The van der Waals surface area contributed by atoms with Crippen LogP contribution in [0.1, 0.15) is 23.0 Å². The van der Waals surface area contributed by atoms with E-state index in [2.05, 4.69) is 9.84 Å². The zero-order chi connectivity index (χ0) is 11.3. The summed E-state index contributed by atoms with van der Waals surface area (Å²) in [6.07, 6.45) is 4.80. The average molecular weight is 210 g/mol. The smallest absolute Gasteiger partial charge is 0.356 e. The summed E-state index contributed by atoms with van der Waals surface area (Å²) in [6, 6.07) is 0. The molecule has 1 aromatic heterocycles. The van der Waals surface area contributed by atoms with Crippen LogP contribution in [0.2, 0.25) is 0 Å². The maximum atomic E-state index is 11.4. The summed E-state index contributed by atoms with van der Waals surface area (Å²) >= 11 is 0. The molecule has 0 fully saturated rings. The standard InChI is InChI=1S/C10H14N2O3/c1-4-15-6-5-8-7-11-12(2)9(8)10(13)14-3/h5-7H,4H2,1-3H3/b6-5-. The van der Waals surface area contributed by atoms with E-state index >= 15 is 0 Å². The van der Waals surface area contributed by atoms with Gasteiger partial charge in [0.05, 0.1) is 26.2 Å². The molecule has 82 valence electrons. The Morgan fingerprint density at radius 1 is 1.67 bits per heavy atom. The molecule has 0 unspecified atom stereocenters. The molecule has 5 heteroatoms. The van der Waals surface area contributed by atoms with Crippen LogP contribution in [0, 0.1) is 0 Å². The lowest BCUT2D eigenvalue weighted by atomic mass is 10.2. The van der Waals surface area contributed by atoms with E-state index in [1.54, 1.807) is 19.3 Å². The molecule has 0 aliphatic heterocycles. The van der Waals surface area contributed by atoms with Crippen molar-refractivity contribution >= 4 is 12.0 Å². The SMILES string of the molecule is CCO/C=C\c1cnn(C)c1C(=O)OC. The van der Waals surface area contributed by atoms with E-state index in [1.165, 1.54) is 18.1 Å². The fourth-order valence-corrected chi connectivity index (χ4v) is 1.14. The third kappa shape index (κ3) is 2.59. The molecule has 0 spiro atoms. The Morgan fingerprint density at radius 3 is 3.00 bits per heavy atom. The van der Waals surface area contributed by atoms with E-state index < -0.39 is 5.97 Å². The van der Waals surface area contributed by atoms with Crippen molar-refractivity contribution in [3.63, 3.8) is 0 Å². The van der Waals surface area contributed by atoms with Crippen LogP contribution in [0.15, 0.2) is 12.5 Å². The van der Waals surface area contributed by atoms with Gasteiger partial charge in [-0.3, -0.25) is 4.68 Å². The van der Waals surface area contributed by atoms with Gasteiger partial charge in [0.25, 0.3) is 0 Å². The lowest BCUT2D eigenvalue weighted by Crippen LogP contribution is -2.09. The molecule has 0 radical (unpaired) electrons. The van der Waals surface area contributed by atoms with Gasteiger partial charge < -0.3 is 9.47 Å². The zero-order valence-corrected chi connectivity index (χ0v) is 9.06. The number of rotatable bonds is 4. The minimum Gasteiger partial charge on any atom is -0.501 e. The van der Waals surface area contributed by atoms with Gasteiger partial charge in [0.15, 0.2) is 5.69 Å². The Labute approximate surface area is 88.3 Å². The number of methoxy groups -OCH3 is 1. The van der Waals surface area contributed by atoms with Gasteiger partial charge in [-0.15, -0.1) is 0 Å². The van der Waals surface area contributed by atoms with Crippen molar-refractivity contribution in [3.8, 4) is 0 Å². The van der Waals surface area contributed by atoms with Crippen LogP contribution in [-0.4, -0.2) is 29.5 Å². The predicted octanol–water partition coefficient (Wildman–Crippen LogP) is 1.21. The van der Waals surface area contributed by atoms with Gasteiger partial charge in [-0.1, -0.05) is 0 Å².